The van der Waals surface area contributed by atoms with E-state index >= 15 is 0 Å². The Kier molecular flexibility index (Phi) is 7.27. The van der Waals surface area contributed by atoms with E-state index in [2.05, 4.69) is 23.3 Å². The molecule has 0 bridgehead atoms. The maximum atomic E-state index is 13.4. The van der Waals surface area contributed by atoms with Crippen LogP contribution in [0.5, 0.6) is 5.75 Å². The Bertz CT molecular complexity index is 865. The molecular formula is C24H32N2O4S. The number of aliphatic hydroxyl groups excluding tert-OH is 1. The molecule has 2 aromatic rings. The largest absolute Gasteiger partial charge is 0.491 e. The van der Waals surface area contributed by atoms with Crippen LogP contribution in [-0.4, -0.2) is 72.9 Å². The van der Waals surface area contributed by atoms with Crippen LogP contribution in [0.25, 0.3) is 0 Å². The van der Waals surface area contributed by atoms with Crippen LogP contribution in [0.1, 0.15) is 34.9 Å². The number of aliphatic hydroxyl groups is 1. The highest BCUT2D eigenvalue weighted by molar-refractivity contribution is 7.10. The summed E-state index contributed by atoms with van der Waals surface area (Å²) in [6, 6.07) is 10.5. The van der Waals surface area contributed by atoms with Gasteiger partial charge in [0.15, 0.2) is 0 Å². The molecule has 2 atom stereocenters. The van der Waals surface area contributed by atoms with Gasteiger partial charge in [0.1, 0.15) is 12.4 Å². The zero-order valence-corrected chi connectivity index (χ0v) is 19.1. The predicted molar refractivity (Wildman–Crippen MR) is 122 cm³/mol. The van der Waals surface area contributed by atoms with Crippen molar-refractivity contribution in [3.8, 4) is 5.75 Å². The molecule has 4 rings (SSSR count). The van der Waals surface area contributed by atoms with Crippen LogP contribution in [-0.2, 0) is 16.0 Å². The molecule has 1 aromatic carbocycles. The van der Waals surface area contributed by atoms with Gasteiger partial charge in [0.2, 0.25) is 5.91 Å². The summed E-state index contributed by atoms with van der Waals surface area (Å²) >= 11 is 1.76. The summed E-state index contributed by atoms with van der Waals surface area (Å²) in [6.45, 7) is 4.27. The number of ether oxygens (including phenoxy) is 2. The average Bonchev–Trinajstić information content (AvgIpc) is 3.49. The van der Waals surface area contributed by atoms with E-state index in [9.17, 15) is 9.90 Å². The summed E-state index contributed by atoms with van der Waals surface area (Å²) in [5.74, 6) is 0.925. The van der Waals surface area contributed by atoms with Gasteiger partial charge in [-0.25, -0.2) is 0 Å². The Morgan fingerprint density at radius 3 is 2.77 bits per heavy atom. The molecule has 0 unspecified atom stereocenters. The van der Waals surface area contributed by atoms with Crippen LogP contribution in [0, 0.1) is 6.92 Å². The monoisotopic (exact) mass is 444 g/mol. The van der Waals surface area contributed by atoms with E-state index in [1.807, 2.05) is 29.2 Å². The molecule has 7 heteroatoms. The Balaban J connectivity index is 1.45. The lowest BCUT2D eigenvalue weighted by Crippen LogP contribution is -2.48. The fourth-order valence-corrected chi connectivity index (χ4v) is 5.18. The van der Waals surface area contributed by atoms with Gasteiger partial charge in [-0.2, -0.15) is 0 Å². The average molecular weight is 445 g/mol. The Hall–Kier alpha value is -1.93. The van der Waals surface area contributed by atoms with Gasteiger partial charge >= 0.3 is 0 Å². The van der Waals surface area contributed by atoms with Gasteiger partial charge in [0.05, 0.1) is 25.3 Å². The van der Waals surface area contributed by atoms with E-state index in [1.165, 1.54) is 16.0 Å². The Labute approximate surface area is 188 Å². The maximum Gasteiger partial charge on any atom is 0.237 e. The van der Waals surface area contributed by atoms with Crippen molar-refractivity contribution >= 4 is 17.2 Å². The number of carbonyl (C=O) groups excluding carboxylic acids is 1. The number of thiophene rings is 1. The highest BCUT2D eigenvalue weighted by Gasteiger charge is 2.36. The van der Waals surface area contributed by atoms with Crippen molar-refractivity contribution in [2.24, 2.45) is 0 Å². The minimum atomic E-state index is -0.580. The molecule has 1 saturated carbocycles. The Morgan fingerprint density at radius 1 is 1.29 bits per heavy atom. The number of hydrogen-bond acceptors (Lipinski definition) is 6. The first-order valence-corrected chi connectivity index (χ1v) is 11.9. The highest BCUT2D eigenvalue weighted by atomic mass is 32.1. The van der Waals surface area contributed by atoms with Crippen molar-refractivity contribution in [3.63, 3.8) is 0 Å². The van der Waals surface area contributed by atoms with Gasteiger partial charge in [0.25, 0.3) is 0 Å². The van der Waals surface area contributed by atoms with Crippen LogP contribution < -0.4 is 4.74 Å². The second kappa shape index (κ2) is 10.1. The van der Waals surface area contributed by atoms with Crippen molar-refractivity contribution in [2.45, 2.75) is 44.4 Å². The van der Waals surface area contributed by atoms with Crippen molar-refractivity contribution in [1.29, 1.82) is 0 Å². The number of methoxy groups -OCH3 is 1. The minimum Gasteiger partial charge on any atom is -0.491 e. The molecule has 6 nitrogen and oxygen atoms in total. The molecule has 1 aliphatic heterocycles. The quantitative estimate of drug-likeness (QED) is 0.610. The number of benzene rings is 1. The molecular weight excluding hydrogens is 412 g/mol. The molecule has 1 N–H and O–H groups in total. The van der Waals surface area contributed by atoms with Gasteiger partial charge in [-0.15, -0.1) is 11.3 Å². The molecule has 1 aliphatic carbocycles. The lowest BCUT2D eigenvalue weighted by Gasteiger charge is -2.37. The van der Waals surface area contributed by atoms with Crippen LogP contribution in [0.2, 0.25) is 0 Å². The molecule has 168 valence electrons. The summed E-state index contributed by atoms with van der Waals surface area (Å²) in [6.07, 6.45) is 2.47. The second-order valence-electron chi connectivity index (χ2n) is 8.55. The van der Waals surface area contributed by atoms with Gasteiger partial charge in [-0.1, -0.05) is 17.7 Å². The smallest absolute Gasteiger partial charge is 0.237 e. The van der Waals surface area contributed by atoms with E-state index in [1.54, 1.807) is 18.4 Å². The highest BCUT2D eigenvalue weighted by Crippen LogP contribution is 2.34. The third-order valence-corrected chi connectivity index (χ3v) is 7.05. The van der Waals surface area contributed by atoms with Gasteiger partial charge in [-0.3, -0.25) is 9.69 Å². The van der Waals surface area contributed by atoms with Crippen LogP contribution in [0.4, 0.5) is 0 Å². The zero-order chi connectivity index (χ0) is 21.8. The molecule has 1 amide bonds. The SMILES string of the molecule is COC[C@H](O)CN(CC(=O)N1CCc2sccc2[C@H]1COc1ccc(C)cc1)C1CC1. The fourth-order valence-electron chi connectivity index (χ4n) is 4.25. The number of fused-ring (bicyclic) bond motifs is 1. The summed E-state index contributed by atoms with van der Waals surface area (Å²) in [5.41, 5.74) is 2.40. The number of amides is 1. The standard InChI is InChI=1S/C24H32N2O4S/c1-17-3-7-20(8-4-17)30-16-22-21-10-12-31-23(21)9-11-26(22)24(28)14-25(18-5-6-18)13-19(27)15-29-2/h3-4,7-8,10,12,18-19,22,27H,5-6,9,11,13-16H2,1-2H3/t19-,22-/m1/s1. The van der Waals surface area contributed by atoms with Crippen LogP contribution in [0.15, 0.2) is 35.7 Å². The summed E-state index contributed by atoms with van der Waals surface area (Å²) < 4.78 is 11.2. The van der Waals surface area contributed by atoms with E-state index in [0.717, 1.165) is 25.0 Å². The number of aryl methyl sites for hydroxylation is 1. The first-order chi connectivity index (χ1) is 15.0. The molecule has 31 heavy (non-hydrogen) atoms. The van der Waals surface area contributed by atoms with Crippen molar-refractivity contribution in [3.05, 3.63) is 51.7 Å². The van der Waals surface area contributed by atoms with Crippen molar-refractivity contribution < 1.29 is 19.4 Å². The van der Waals surface area contributed by atoms with E-state index in [-0.39, 0.29) is 18.6 Å². The number of carbonyl (C=O) groups is 1. The first-order valence-electron chi connectivity index (χ1n) is 11.0. The lowest BCUT2D eigenvalue weighted by atomic mass is 10.0. The van der Waals surface area contributed by atoms with Crippen molar-refractivity contribution in [2.75, 3.05) is 40.0 Å². The summed E-state index contributed by atoms with van der Waals surface area (Å²) in [7, 11) is 1.58. The van der Waals surface area contributed by atoms with E-state index in [0.29, 0.717) is 32.3 Å². The van der Waals surface area contributed by atoms with Crippen molar-refractivity contribution in [1.82, 2.24) is 9.80 Å². The number of nitrogens with zero attached hydrogens (tertiary/aromatic N) is 2. The lowest BCUT2D eigenvalue weighted by molar-refractivity contribution is -0.136. The normalized spacial score (nSPS) is 19.4. The third kappa shape index (κ3) is 5.66. The summed E-state index contributed by atoms with van der Waals surface area (Å²) in [5, 5.41) is 12.3. The van der Waals surface area contributed by atoms with Crippen LogP contribution >= 0.6 is 11.3 Å². The van der Waals surface area contributed by atoms with E-state index in [4.69, 9.17) is 9.47 Å². The van der Waals surface area contributed by atoms with Gasteiger partial charge in [-0.05, 0) is 55.3 Å². The second-order valence-corrected chi connectivity index (χ2v) is 9.55. The fraction of sp³-hybridized carbons (Fsp3) is 0.542. The van der Waals surface area contributed by atoms with Gasteiger partial charge in [0, 0.05) is 31.1 Å². The Morgan fingerprint density at radius 2 is 2.06 bits per heavy atom. The molecule has 0 radical (unpaired) electrons. The molecule has 2 heterocycles. The molecule has 1 fully saturated rings. The predicted octanol–water partition coefficient (Wildman–Crippen LogP) is 3.03. The first kappa shape index (κ1) is 22.3. The summed E-state index contributed by atoms with van der Waals surface area (Å²) in [4.78, 5) is 18.8. The molecule has 1 aromatic heterocycles. The topological polar surface area (TPSA) is 62.2 Å². The maximum absolute atomic E-state index is 13.4. The van der Waals surface area contributed by atoms with Crippen LogP contribution in [0.3, 0.4) is 0 Å². The zero-order valence-electron chi connectivity index (χ0n) is 18.3. The molecule has 0 spiro atoms. The van der Waals surface area contributed by atoms with Gasteiger partial charge < -0.3 is 19.5 Å². The van der Waals surface area contributed by atoms with E-state index < -0.39 is 6.10 Å². The molecule has 2 aliphatic rings. The number of rotatable bonds is 10. The number of hydrogen-bond donors (Lipinski definition) is 1. The minimum absolute atomic E-state index is 0.0891. The third-order valence-electron chi connectivity index (χ3n) is 6.05. The molecule has 0 saturated heterocycles.